The number of amides is 1. The summed E-state index contributed by atoms with van der Waals surface area (Å²) in [5.74, 6) is 0. The number of pyridine rings is 1. The standard InChI is InChI=1S/C16H18N2O.HI/c1-16(2,15-10-6-7-11-18(15)3)13-8-4-5-9-14(13)17-12-19;/h4-12H,1-3H3;1H. The van der Waals surface area contributed by atoms with Gasteiger partial charge in [-0.2, -0.15) is 0 Å². The lowest BCUT2D eigenvalue weighted by molar-refractivity contribution is -0.682. The van der Waals surface area contributed by atoms with Crippen LogP contribution in [0.4, 0.5) is 5.69 Å². The van der Waals surface area contributed by atoms with Crippen molar-refractivity contribution in [3.8, 4) is 0 Å². The number of carbonyl (C=O) groups excluding carboxylic acids is 1. The molecule has 0 saturated heterocycles. The molecule has 1 heterocycles. The van der Waals surface area contributed by atoms with Crippen LogP contribution in [0.1, 0.15) is 25.1 Å². The highest BCUT2D eigenvalue weighted by Gasteiger charge is 2.32. The van der Waals surface area contributed by atoms with Gasteiger partial charge in [0, 0.05) is 17.8 Å². The van der Waals surface area contributed by atoms with Gasteiger partial charge in [-0.1, -0.05) is 24.3 Å². The first kappa shape index (κ1) is 16.6. The molecule has 20 heavy (non-hydrogen) atoms. The number of nitrogens with one attached hydrogen (secondary N) is 1. The summed E-state index contributed by atoms with van der Waals surface area (Å²) in [5.41, 5.74) is 2.95. The number of nitrogens with zero attached hydrogens (tertiary/aromatic N) is 1. The molecule has 3 nitrogen and oxygen atoms in total. The number of benzene rings is 1. The van der Waals surface area contributed by atoms with E-state index in [0.29, 0.717) is 0 Å². The van der Waals surface area contributed by atoms with Gasteiger partial charge in [0.25, 0.3) is 0 Å². The van der Waals surface area contributed by atoms with Gasteiger partial charge < -0.3 is 29.3 Å². The Hall–Kier alpha value is -1.43. The molecule has 0 atom stereocenters. The molecule has 0 aliphatic rings. The maximum atomic E-state index is 10.7. The molecular weight excluding hydrogens is 363 g/mol. The number of anilines is 1. The van der Waals surface area contributed by atoms with Crippen molar-refractivity contribution >= 4 is 12.1 Å². The van der Waals surface area contributed by atoms with Crippen LogP contribution in [0.15, 0.2) is 48.7 Å². The summed E-state index contributed by atoms with van der Waals surface area (Å²) in [6, 6.07) is 14.1. The fraction of sp³-hybridized carbons (Fsp3) is 0.250. The van der Waals surface area contributed by atoms with Crippen molar-refractivity contribution in [2.24, 2.45) is 7.05 Å². The Morgan fingerprint density at radius 2 is 1.75 bits per heavy atom. The van der Waals surface area contributed by atoms with Gasteiger partial charge in [-0.05, 0) is 25.5 Å². The summed E-state index contributed by atoms with van der Waals surface area (Å²) >= 11 is 0. The first-order valence-electron chi connectivity index (χ1n) is 6.32. The van der Waals surface area contributed by atoms with Crippen LogP contribution < -0.4 is 33.9 Å². The molecule has 1 amide bonds. The minimum atomic E-state index is -0.192. The Balaban J connectivity index is 0.00000200. The molecule has 2 aromatic rings. The molecule has 0 radical (unpaired) electrons. The lowest BCUT2D eigenvalue weighted by Gasteiger charge is -2.25. The van der Waals surface area contributed by atoms with E-state index >= 15 is 0 Å². The van der Waals surface area contributed by atoms with Crippen LogP contribution >= 0.6 is 0 Å². The van der Waals surface area contributed by atoms with Gasteiger partial charge in [0.15, 0.2) is 11.9 Å². The Kier molecular flexibility index (Phi) is 5.68. The minimum absolute atomic E-state index is 0. The summed E-state index contributed by atoms with van der Waals surface area (Å²) in [4.78, 5) is 10.7. The van der Waals surface area contributed by atoms with E-state index in [1.54, 1.807) is 0 Å². The summed E-state index contributed by atoms with van der Waals surface area (Å²) in [5, 5.41) is 2.78. The van der Waals surface area contributed by atoms with Gasteiger partial charge in [-0.3, -0.25) is 4.79 Å². The zero-order chi connectivity index (χ0) is 13.9. The fourth-order valence-corrected chi connectivity index (χ4v) is 2.53. The number of aryl methyl sites for hydroxylation is 1. The molecule has 0 bridgehead atoms. The van der Waals surface area contributed by atoms with E-state index in [9.17, 15) is 4.79 Å². The lowest BCUT2D eigenvalue weighted by Crippen LogP contribution is -3.00. The van der Waals surface area contributed by atoms with Gasteiger partial charge >= 0.3 is 0 Å². The van der Waals surface area contributed by atoms with Crippen molar-refractivity contribution in [2.45, 2.75) is 19.3 Å². The highest BCUT2D eigenvalue weighted by molar-refractivity contribution is 5.74. The summed E-state index contributed by atoms with van der Waals surface area (Å²) in [7, 11) is 2.03. The molecule has 1 aromatic heterocycles. The number of para-hydroxylation sites is 1. The maximum Gasteiger partial charge on any atom is 0.211 e. The van der Waals surface area contributed by atoms with Crippen molar-refractivity contribution in [3.05, 3.63) is 59.9 Å². The Labute approximate surface area is 137 Å². The monoisotopic (exact) mass is 382 g/mol. The topological polar surface area (TPSA) is 33.0 Å². The van der Waals surface area contributed by atoms with E-state index in [-0.39, 0.29) is 29.4 Å². The number of aromatic nitrogens is 1. The summed E-state index contributed by atoms with van der Waals surface area (Å²) < 4.78 is 2.11. The van der Waals surface area contributed by atoms with Crippen molar-refractivity contribution in [2.75, 3.05) is 5.32 Å². The fourth-order valence-electron chi connectivity index (χ4n) is 2.53. The third-order valence-electron chi connectivity index (χ3n) is 3.51. The van der Waals surface area contributed by atoms with E-state index in [2.05, 4.69) is 35.9 Å². The lowest BCUT2D eigenvalue weighted by atomic mass is 9.80. The molecule has 1 aromatic carbocycles. The molecule has 0 saturated carbocycles. The van der Waals surface area contributed by atoms with Gasteiger partial charge in [0.1, 0.15) is 7.05 Å². The van der Waals surface area contributed by atoms with Crippen LogP contribution in [-0.4, -0.2) is 6.41 Å². The smallest absolute Gasteiger partial charge is 0.211 e. The van der Waals surface area contributed by atoms with Crippen LogP contribution in [0.3, 0.4) is 0 Å². The molecule has 0 aliphatic heterocycles. The van der Waals surface area contributed by atoms with Gasteiger partial charge in [0.2, 0.25) is 6.41 Å². The second-order valence-electron chi connectivity index (χ2n) is 5.13. The molecule has 2 rings (SSSR count). The number of rotatable bonds is 4. The van der Waals surface area contributed by atoms with Crippen molar-refractivity contribution < 1.29 is 33.3 Å². The average Bonchev–Trinajstić information content (AvgIpc) is 2.40. The Bertz CT molecular complexity index is 597. The first-order valence-corrected chi connectivity index (χ1v) is 6.32. The quantitative estimate of drug-likeness (QED) is 0.428. The molecule has 1 N–H and O–H groups in total. The first-order chi connectivity index (χ1) is 9.07. The van der Waals surface area contributed by atoms with Crippen LogP contribution in [0, 0.1) is 0 Å². The number of hydrogen-bond donors (Lipinski definition) is 1. The zero-order valence-electron chi connectivity index (χ0n) is 11.9. The van der Waals surface area contributed by atoms with Crippen LogP contribution in [0.5, 0.6) is 0 Å². The molecule has 0 aliphatic carbocycles. The Morgan fingerprint density at radius 3 is 2.40 bits per heavy atom. The van der Waals surface area contributed by atoms with Crippen LogP contribution in [-0.2, 0) is 17.3 Å². The molecule has 4 heteroatoms. The van der Waals surface area contributed by atoms with E-state index in [4.69, 9.17) is 0 Å². The normalized spacial score (nSPS) is 10.6. The molecular formula is C16H19IN2O. The van der Waals surface area contributed by atoms with Gasteiger partial charge in [-0.15, -0.1) is 0 Å². The van der Waals surface area contributed by atoms with Crippen LogP contribution in [0.25, 0.3) is 0 Å². The second kappa shape index (κ2) is 6.83. The SMILES string of the molecule is C[n+]1ccccc1C(C)(C)c1ccccc1NC=O.[I-]. The third kappa shape index (κ3) is 3.17. The summed E-state index contributed by atoms with van der Waals surface area (Å²) in [6.07, 6.45) is 2.76. The zero-order valence-corrected chi connectivity index (χ0v) is 14.1. The third-order valence-corrected chi connectivity index (χ3v) is 3.51. The highest BCUT2D eigenvalue weighted by atomic mass is 127. The predicted molar refractivity (Wildman–Crippen MR) is 75.9 cm³/mol. The second-order valence-corrected chi connectivity index (χ2v) is 5.13. The van der Waals surface area contributed by atoms with Gasteiger partial charge in [0.05, 0.1) is 5.41 Å². The number of carbonyl (C=O) groups is 1. The molecule has 106 valence electrons. The van der Waals surface area contributed by atoms with E-state index in [1.807, 2.05) is 43.6 Å². The van der Waals surface area contributed by atoms with Crippen molar-refractivity contribution in [1.29, 1.82) is 0 Å². The average molecular weight is 382 g/mol. The maximum absolute atomic E-state index is 10.7. The Morgan fingerprint density at radius 1 is 1.10 bits per heavy atom. The number of hydrogen-bond acceptors (Lipinski definition) is 1. The van der Waals surface area contributed by atoms with Gasteiger partial charge in [-0.25, -0.2) is 4.57 Å². The van der Waals surface area contributed by atoms with Crippen molar-refractivity contribution in [1.82, 2.24) is 0 Å². The highest BCUT2D eigenvalue weighted by Crippen LogP contribution is 2.33. The molecule has 0 unspecified atom stereocenters. The van der Waals surface area contributed by atoms with E-state index in [1.165, 1.54) is 5.69 Å². The number of halogens is 1. The predicted octanol–water partition coefficient (Wildman–Crippen LogP) is -0.591. The molecule has 0 fully saturated rings. The minimum Gasteiger partial charge on any atom is -1.00 e. The van der Waals surface area contributed by atoms with E-state index in [0.717, 1.165) is 17.7 Å². The van der Waals surface area contributed by atoms with Crippen LogP contribution in [0.2, 0.25) is 0 Å². The molecule has 0 spiro atoms. The summed E-state index contributed by atoms with van der Waals surface area (Å²) in [6.45, 7) is 4.32. The van der Waals surface area contributed by atoms with E-state index < -0.39 is 0 Å². The largest absolute Gasteiger partial charge is 1.00 e. The van der Waals surface area contributed by atoms with Crippen molar-refractivity contribution in [3.63, 3.8) is 0 Å².